The number of anilines is 1. The fourth-order valence-electron chi connectivity index (χ4n) is 2.85. The number of ether oxygens (including phenoxy) is 2. The number of fused-ring (bicyclic) bond motifs is 1. The molecule has 0 aromatic heterocycles. The van der Waals surface area contributed by atoms with E-state index in [-0.39, 0.29) is 23.8 Å². The van der Waals surface area contributed by atoms with Crippen molar-refractivity contribution < 1.29 is 18.7 Å². The van der Waals surface area contributed by atoms with Crippen LogP contribution in [0.5, 0.6) is 11.5 Å². The van der Waals surface area contributed by atoms with Crippen LogP contribution in [-0.2, 0) is 0 Å². The van der Waals surface area contributed by atoms with Crippen molar-refractivity contribution in [3.63, 3.8) is 0 Å². The molecule has 1 aliphatic rings. The molecule has 138 valence electrons. The molecule has 26 heavy (non-hydrogen) atoms. The molecule has 0 aliphatic carbocycles. The lowest BCUT2D eigenvalue weighted by Gasteiger charge is -2.24. The van der Waals surface area contributed by atoms with E-state index in [0.717, 1.165) is 17.7 Å². The summed E-state index contributed by atoms with van der Waals surface area (Å²) in [5.41, 5.74) is 1.48. The zero-order valence-electron chi connectivity index (χ0n) is 14.9. The lowest BCUT2D eigenvalue weighted by Crippen LogP contribution is -2.35. The summed E-state index contributed by atoms with van der Waals surface area (Å²) in [7, 11) is 0. The van der Waals surface area contributed by atoms with E-state index in [2.05, 4.69) is 10.6 Å². The van der Waals surface area contributed by atoms with Gasteiger partial charge in [0.1, 0.15) is 5.82 Å². The molecule has 0 unspecified atom stereocenters. The van der Waals surface area contributed by atoms with Gasteiger partial charge in [-0.1, -0.05) is 19.9 Å². The Morgan fingerprint density at radius 3 is 2.42 bits per heavy atom. The van der Waals surface area contributed by atoms with E-state index in [1.807, 2.05) is 32.0 Å². The smallest absolute Gasteiger partial charge is 0.319 e. The first-order valence-corrected chi connectivity index (χ1v) is 8.75. The van der Waals surface area contributed by atoms with Crippen molar-refractivity contribution in [3.05, 3.63) is 53.8 Å². The normalized spacial score (nSPS) is 14.5. The van der Waals surface area contributed by atoms with Gasteiger partial charge in [0.25, 0.3) is 0 Å². The minimum absolute atomic E-state index is 0.165. The predicted octanol–water partition coefficient (Wildman–Crippen LogP) is 4.51. The van der Waals surface area contributed by atoms with Gasteiger partial charge < -0.3 is 20.1 Å². The van der Waals surface area contributed by atoms with Gasteiger partial charge >= 0.3 is 6.03 Å². The molecule has 2 aromatic carbocycles. The Bertz CT molecular complexity index is 762. The van der Waals surface area contributed by atoms with Crippen molar-refractivity contribution >= 4 is 11.7 Å². The van der Waals surface area contributed by atoms with Crippen LogP contribution in [0.15, 0.2) is 42.5 Å². The van der Waals surface area contributed by atoms with Crippen molar-refractivity contribution in [2.75, 3.05) is 18.5 Å². The van der Waals surface area contributed by atoms with Crippen molar-refractivity contribution in [1.82, 2.24) is 5.32 Å². The number of carbonyl (C=O) groups is 1. The number of halogens is 1. The van der Waals surface area contributed by atoms with Gasteiger partial charge in [0.2, 0.25) is 0 Å². The molecule has 2 amide bonds. The van der Waals surface area contributed by atoms with E-state index >= 15 is 0 Å². The monoisotopic (exact) mass is 358 g/mol. The second kappa shape index (κ2) is 8.08. The van der Waals surface area contributed by atoms with Crippen LogP contribution in [0.4, 0.5) is 14.9 Å². The fraction of sp³-hybridized carbons (Fsp3) is 0.350. The number of amides is 2. The maximum Gasteiger partial charge on any atom is 0.319 e. The van der Waals surface area contributed by atoms with E-state index in [1.165, 1.54) is 24.3 Å². The van der Waals surface area contributed by atoms with Gasteiger partial charge in [0, 0.05) is 12.1 Å². The Hall–Kier alpha value is -2.76. The summed E-state index contributed by atoms with van der Waals surface area (Å²) in [4.78, 5) is 12.4. The topological polar surface area (TPSA) is 59.6 Å². The van der Waals surface area contributed by atoms with Gasteiger partial charge in [0.05, 0.1) is 19.3 Å². The van der Waals surface area contributed by atoms with E-state index in [0.29, 0.717) is 24.7 Å². The molecule has 1 atom stereocenters. The summed E-state index contributed by atoms with van der Waals surface area (Å²) < 4.78 is 24.4. The lowest BCUT2D eigenvalue weighted by atomic mass is 9.96. The first-order chi connectivity index (χ1) is 12.5. The largest absolute Gasteiger partial charge is 0.490 e. The Morgan fingerprint density at radius 2 is 1.73 bits per heavy atom. The number of hydrogen-bond donors (Lipinski definition) is 2. The average Bonchev–Trinajstić information content (AvgIpc) is 2.86. The fourth-order valence-corrected chi connectivity index (χ4v) is 2.85. The van der Waals surface area contributed by atoms with Crippen molar-refractivity contribution in [3.8, 4) is 11.5 Å². The van der Waals surface area contributed by atoms with Crippen LogP contribution in [0.3, 0.4) is 0 Å². The second-order valence-electron chi connectivity index (χ2n) is 6.58. The highest BCUT2D eigenvalue weighted by molar-refractivity contribution is 5.89. The number of carbonyl (C=O) groups excluding carboxylic acids is 1. The first-order valence-electron chi connectivity index (χ1n) is 8.75. The first kappa shape index (κ1) is 18.0. The molecule has 0 saturated heterocycles. The molecule has 2 N–H and O–H groups in total. The van der Waals surface area contributed by atoms with E-state index in [9.17, 15) is 9.18 Å². The number of hydrogen-bond acceptors (Lipinski definition) is 3. The van der Waals surface area contributed by atoms with Crippen LogP contribution in [0.2, 0.25) is 0 Å². The number of benzene rings is 2. The highest BCUT2D eigenvalue weighted by atomic mass is 19.1. The quantitative estimate of drug-likeness (QED) is 0.846. The highest BCUT2D eigenvalue weighted by Gasteiger charge is 2.21. The van der Waals surface area contributed by atoms with Gasteiger partial charge in [-0.2, -0.15) is 0 Å². The summed E-state index contributed by atoms with van der Waals surface area (Å²) >= 11 is 0. The number of nitrogens with one attached hydrogen (secondary N) is 2. The molecule has 0 bridgehead atoms. The Kier molecular flexibility index (Phi) is 5.61. The van der Waals surface area contributed by atoms with Crippen molar-refractivity contribution in [2.24, 2.45) is 5.92 Å². The summed E-state index contributed by atoms with van der Waals surface area (Å²) in [5, 5.41) is 5.70. The molecule has 1 heterocycles. The van der Waals surface area contributed by atoms with Crippen LogP contribution in [-0.4, -0.2) is 19.2 Å². The van der Waals surface area contributed by atoms with Gasteiger partial charge in [-0.05, 0) is 47.9 Å². The minimum Gasteiger partial charge on any atom is -0.490 e. The molecule has 3 rings (SSSR count). The molecule has 5 nitrogen and oxygen atoms in total. The third-order valence-corrected chi connectivity index (χ3v) is 4.19. The van der Waals surface area contributed by atoms with Crippen molar-refractivity contribution in [1.29, 1.82) is 0 Å². The zero-order valence-corrected chi connectivity index (χ0v) is 14.9. The number of urea groups is 1. The predicted molar refractivity (Wildman–Crippen MR) is 98.2 cm³/mol. The van der Waals surface area contributed by atoms with Crippen LogP contribution in [0.25, 0.3) is 0 Å². The Balaban J connectivity index is 1.73. The maximum atomic E-state index is 13.0. The van der Waals surface area contributed by atoms with Gasteiger partial charge in [-0.25, -0.2) is 9.18 Å². The van der Waals surface area contributed by atoms with E-state index < -0.39 is 0 Å². The molecular weight excluding hydrogens is 335 g/mol. The SMILES string of the molecule is CC(C)[C@H](NC(=O)Nc1ccc(F)cc1)c1ccc2c(c1)OCCCO2. The molecule has 1 aliphatic heterocycles. The number of rotatable bonds is 4. The summed E-state index contributed by atoms with van der Waals surface area (Å²) in [6, 6.07) is 10.8. The third kappa shape index (κ3) is 4.45. The third-order valence-electron chi connectivity index (χ3n) is 4.19. The molecule has 2 aromatic rings. The lowest BCUT2D eigenvalue weighted by molar-refractivity contribution is 0.244. The van der Waals surface area contributed by atoms with Gasteiger partial charge in [-0.3, -0.25) is 0 Å². The molecular formula is C20H23FN2O3. The van der Waals surface area contributed by atoms with Gasteiger partial charge in [0.15, 0.2) is 11.5 Å². The molecule has 0 spiro atoms. The summed E-state index contributed by atoms with van der Waals surface area (Å²) in [6.45, 7) is 5.32. The van der Waals surface area contributed by atoms with Crippen LogP contribution in [0, 0.1) is 11.7 Å². The standard InChI is InChI=1S/C20H23FN2O3/c1-13(2)19(23-20(24)22-16-7-5-15(21)6-8-16)14-4-9-17-18(12-14)26-11-3-10-25-17/h4-9,12-13,19H,3,10-11H2,1-2H3,(H2,22,23,24)/t19-/m0/s1. The highest BCUT2D eigenvalue weighted by Crippen LogP contribution is 2.34. The van der Waals surface area contributed by atoms with Crippen LogP contribution >= 0.6 is 0 Å². The van der Waals surface area contributed by atoms with Gasteiger partial charge in [-0.15, -0.1) is 0 Å². The molecule has 0 radical (unpaired) electrons. The second-order valence-corrected chi connectivity index (χ2v) is 6.58. The minimum atomic E-state index is -0.345. The van der Waals surface area contributed by atoms with Crippen LogP contribution in [0.1, 0.15) is 31.9 Å². The summed E-state index contributed by atoms with van der Waals surface area (Å²) in [6.07, 6.45) is 0.843. The Morgan fingerprint density at radius 1 is 1.04 bits per heavy atom. The molecule has 0 saturated carbocycles. The molecule has 6 heteroatoms. The van der Waals surface area contributed by atoms with E-state index in [4.69, 9.17) is 9.47 Å². The average molecular weight is 358 g/mol. The van der Waals surface area contributed by atoms with E-state index in [1.54, 1.807) is 0 Å². The van der Waals surface area contributed by atoms with Crippen LogP contribution < -0.4 is 20.1 Å². The maximum absolute atomic E-state index is 13.0. The Labute approximate surface area is 152 Å². The van der Waals surface area contributed by atoms with Crippen molar-refractivity contribution in [2.45, 2.75) is 26.3 Å². The summed E-state index contributed by atoms with van der Waals surface area (Å²) in [5.74, 6) is 1.25. The molecule has 0 fully saturated rings. The zero-order chi connectivity index (χ0) is 18.5.